The molecule has 0 fully saturated rings. The molecule has 15 heavy (non-hydrogen) atoms. The molecule has 0 N–H and O–H groups in total. The summed E-state index contributed by atoms with van der Waals surface area (Å²) in [5.74, 6) is 0.817. The van der Waals surface area contributed by atoms with Gasteiger partial charge in [0.15, 0.2) is 0 Å². The van der Waals surface area contributed by atoms with Crippen molar-refractivity contribution in [1.29, 1.82) is 0 Å². The van der Waals surface area contributed by atoms with Crippen LogP contribution < -0.4 is 4.18 Å². The molecule has 3 heteroatoms. The Morgan fingerprint density at radius 2 is 1.73 bits per heavy atom. The van der Waals surface area contributed by atoms with Crippen LogP contribution in [0.1, 0.15) is 33.6 Å². The predicted molar refractivity (Wildman–Crippen MR) is 64.7 cm³/mol. The zero-order valence-corrected chi connectivity index (χ0v) is 10.3. The molecule has 0 radical (unpaired) electrons. The van der Waals surface area contributed by atoms with E-state index in [9.17, 15) is 0 Å². The highest BCUT2D eigenvalue weighted by Gasteiger charge is 2.21. The normalized spacial score (nSPS) is 11.4. The third-order valence-corrected chi connectivity index (χ3v) is 3.34. The fourth-order valence-electron chi connectivity index (χ4n) is 0.982. The lowest BCUT2D eigenvalue weighted by molar-refractivity contribution is 0.0997. The standard InChI is InChI=1S/C12H18O2S/c1-4-12(3,5-2)14-15-13-11-9-7-6-8-10-11/h6-10H,4-5H2,1-3H3. The van der Waals surface area contributed by atoms with E-state index in [1.165, 1.54) is 0 Å². The zero-order valence-electron chi connectivity index (χ0n) is 9.53. The molecular weight excluding hydrogens is 208 g/mol. The van der Waals surface area contributed by atoms with Crippen LogP contribution in [0.15, 0.2) is 30.3 Å². The van der Waals surface area contributed by atoms with E-state index in [4.69, 9.17) is 8.37 Å². The van der Waals surface area contributed by atoms with Crippen molar-refractivity contribution < 1.29 is 8.37 Å². The summed E-state index contributed by atoms with van der Waals surface area (Å²) in [5.41, 5.74) is -0.0978. The van der Waals surface area contributed by atoms with E-state index < -0.39 is 0 Å². The van der Waals surface area contributed by atoms with E-state index in [-0.39, 0.29) is 5.60 Å². The van der Waals surface area contributed by atoms with Gasteiger partial charge in [-0.05, 0) is 31.9 Å². The Hall–Kier alpha value is -0.670. The first-order valence-electron chi connectivity index (χ1n) is 5.27. The van der Waals surface area contributed by atoms with E-state index in [1.54, 1.807) is 0 Å². The van der Waals surface area contributed by atoms with Gasteiger partial charge >= 0.3 is 0 Å². The fraction of sp³-hybridized carbons (Fsp3) is 0.500. The number of hydrogen-bond acceptors (Lipinski definition) is 3. The summed E-state index contributed by atoms with van der Waals surface area (Å²) in [7, 11) is 0. The van der Waals surface area contributed by atoms with Crippen molar-refractivity contribution in [2.45, 2.75) is 39.2 Å². The Labute approximate surface area is 96.4 Å². The van der Waals surface area contributed by atoms with E-state index in [0.29, 0.717) is 0 Å². The SMILES string of the molecule is CCC(C)(CC)OSOc1ccccc1. The zero-order chi connectivity index (χ0) is 11.1. The minimum Gasteiger partial charge on any atom is -0.400 e. The average molecular weight is 226 g/mol. The largest absolute Gasteiger partial charge is 0.400 e. The molecule has 0 amide bonds. The Balaban J connectivity index is 2.33. The van der Waals surface area contributed by atoms with Gasteiger partial charge in [0.1, 0.15) is 5.75 Å². The van der Waals surface area contributed by atoms with Gasteiger partial charge in [-0.15, -0.1) is 0 Å². The lowest BCUT2D eigenvalue weighted by Gasteiger charge is -2.24. The minimum absolute atomic E-state index is 0.0978. The maximum Gasteiger partial charge on any atom is 0.225 e. The van der Waals surface area contributed by atoms with Crippen LogP contribution in [0.5, 0.6) is 5.75 Å². The first-order valence-corrected chi connectivity index (χ1v) is 5.94. The summed E-state index contributed by atoms with van der Waals surface area (Å²) in [5, 5.41) is 0. The van der Waals surface area contributed by atoms with Crippen LogP contribution in [0.4, 0.5) is 0 Å². The summed E-state index contributed by atoms with van der Waals surface area (Å²) in [6.07, 6.45) is 1.96. The monoisotopic (exact) mass is 226 g/mol. The highest BCUT2D eigenvalue weighted by Crippen LogP contribution is 2.27. The molecule has 0 atom stereocenters. The van der Waals surface area contributed by atoms with Crippen molar-refractivity contribution in [2.24, 2.45) is 0 Å². The Morgan fingerprint density at radius 3 is 2.27 bits per heavy atom. The first kappa shape index (κ1) is 12.4. The van der Waals surface area contributed by atoms with Gasteiger partial charge in [-0.25, -0.2) is 0 Å². The highest BCUT2D eigenvalue weighted by atomic mass is 32.2. The maximum absolute atomic E-state index is 5.63. The fourth-order valence-corrected chi connectivity index (χ4v) is 1.61. The summed E-state index contributed by atoms with van der Waals surface area (Å²) in [6, 6.07) is 9.65. The lowest BCUT2D eigenvalue weighted by Crippen LogP contribution is -2.23. The minimum atomic E-state index is -0.0978. The van der Waals surface area contributed by atoms with Crippen molar-refractivity contribution in [3.05, 3.63) is 30.3 Å². The Bertz CT molecular complexity index is 270. The van der Waals surface area contributed by atoms with Gasteiger partial charge in [0.25, 0.3) is 0 Å². The molecule has 84 valence electrons. The van der Waals surface area contributed by atoms with Gasteiger partial charge in [0, 0.05) is 0 Å². The summed E-state index contributed by atoms with van der Waals surface area (Å²) < 4.78 is 11.0. The van der Waals surface area contributed by atoms with Crippen molar-refractivity contribution in [3.8, 4) is 5.75 Å². The summed E-state index contributed by atoms with van der Waals surface area (Å²) in [6.45, 7) is 6.33. The van der Waals surface area contributed by atoms with E-state index in [1.807, 2.05) is 30.3 Å². The molecule has 1 aromatic rings. The molecule has 2 nitrogen and oxygen atoms in total. The second-order valence-corrected chi connectivity index (χ2v) is 4.17. The van der Waals surface area contributed by atoms with Crippen molar-refractivity contribution in [2.75, 3.05) is 0 Å². The molecule has 0 bridgehead atoms. The summed E-state index contributed by atoms with van der Waals surface area (Å²) in [4.78, 5) is 0. The Kier molecular flexibility index (Phi) is 4.99. The van der Waals surface area contributed by atoms with Crippen molar-refractivity contribution in [3.63, 3.8) is 0 Å². The quantitative estimate of drug-likeness (QED) is 0.676. The van der Waals surface area contributed by atoms with E-state index >= 15 is 0 Å². The molecular formula is C12H18O2S. The van der Waals surface area contributed by atoms with Gasteiger partial charge in [-0.3, -0.25) is 4.18 Å². The molecule has 0 saturated carbocycles. The third kappa shape index (κ3) is 4.14. The van der Waals surface area contributed by atoms with Crippen LogP contribution in [-0.4, -0.2) is 5.60 Å². The number of para-hydroxylation sites is 1. The molecule has 0 heterocycles. The van der Waals surface area contributed by atoms with Gasteiger partial charge in [-0.1, -0.05) is 32.0 Å². The molecule has 0 saturated heterocycles. The predicted octanol–water partition coefficient (Wildman–Crippen LogP) is 4.22. The van der Waals surface area contributed by atoms with Crippen LogP contribution in [0.25, 0.3) is 0 Å². The van der Waals surface area contributed by atoms with Crippen LogP contribution in [0.2, 0.25) is 0 Å². The van der Waals surface area contributed by atoms with Crippen molar-refractivity contribution >= 4 is 12.3 Å². The molecule has 0 aromatic heterocycles. The van der Waals surface area contributed by atoms with Crippen LogP contribution in [0.3, 0.4) is 0 Å². The first-order chi connectivity index (χ1) is 7.20. The molecule has 0 aliphatic carbocycles. The number of rotatable bonds is 6. The highest BCUT2D eigenvalue weighted by molar-refractivity contribution is 7.90. The van der Waals surface area contributed by atoms with Gasteiger partial charge in [0.05, 0.1) is 5.60 Å². The molecule has 0 unspecified atom stereocenters. The molecule has 1 aromatic carbocycles. The molecule has 0 spiro atoms. The topological polar surface area (TPSA) is 18.5 Å². The number of benzene rings is 1. The average Bonchev–Trinajstić information content (AvgIpc) is 2.30. The molecule has 1 rings (SSSR count). The lowest BCUT2D eigenvalue weighted by atomic mass is 10.0. The van der Waals surface area contributed by atoms with Crippen molar-refractivity contribution in [1.82, 2.24) is 0 Å². The second kappa shape index (κ2) is 6.03. The number of hydrogen-bond donors (Lipinski definition) is 0. The smallest absolute Gasteiger partial charge is 0.225 e. The summed E-state index contributed by atoms with van der Waals surface area (Å²) >= 11 is 1.06. The Morgan fingerprint density at radius 1 is 1.13 bits per heavy atom. The van der Waals surface area contributed by atoms with E-state index in [2.05, 4.69) is 20.8 Å². The van der Waals surface area contributed by atoms with E-state index in [0.717, 1.165) is 30.9 Å². The molecule has 0 aliphatic heterocycles. The third-order valence-electron chi connectivity index (χ3n) is 2.60. The van der Waals surface area contributed by atoms with Crippen LogP contribution in [-0.2, 0) is 4.18 Å². The van der Waals surface area contributed by atoms with Gasteiger partial charge in [-0.2, -0.15) is 0 Å². The van der Waals surface area contributed by atoms with Crippen LogP contribution >= 0.6 is 12.3 Å². The van der Waals surface area contributed by atoms with Gasteiger partial charge < -0.3 is 4.18 Å². The second-order valence-electron chi connectivity index (χ2n) is 3.70. The molecule has 0 aliphatic rings. The van der Waals surface area contributed by atoms with Crippen LogP contribution in [0, 0.1) is 0 Å². The maximum atomic E-state index is 5.63. The van der Waals surface area contributed by atoms with Gasteiger partial charge in [0.2, 0.25) is 12.3 Å².